The maximum Gasteiger partial charge on any atom is 0.301 e. The van der Waals surface area contributed by atoms with Gasteiger partial charge in [-0.2, -0.15) is 0 Å². The molecule has 6 nitrogen and oxygen atoms in total. The van der Waals surface area contributed by atoms with E-state index in [0.717, 1.165) is 5.01 Å². The molecule has 1 fully saturated rings. The number of benzene rings is 2. The number of carbonyl (C=O) groups excluding carboxylic acids is 2. The quantitative estimate of drug-likeness (QED) is 0.335. The van der Waals surface area contributed by atoms with E-state index in [-0.39, 0.29) is 21.5 Å². The summed E-state index contributed by atoms with van der Waals surface area (Å²) in [5, 5.41) is 20.7. The second-order valence-corrected chi connectivity index (χ2v) is 8.40. The number of Topliss-reactive ketones (excluding diaryl/α,β-unsaturated/α-hetero) is 1. The van der Waals surface area contributed by atoms with E-state index in [9.17, 15) is 14.7 Å². The molecule has 3 aromatic rings. The van der Waals surface area contributed by atoms with Gasteiger partial charge in [0.05, 0.1) is 21.7 Å². The van der Waals surface area contributed by atoms with E-state index >= 15 is 0 Å². The fourth-order valence-corrected chi connectivity index (χ4v) is 4.38. The molecule has 0 spiro atoms. The number of anilines is 1. The van der Waals surface area contributed by atoms with Crippen LogP contribution in [0.3, 0.4) is 0 Å². The van der Waals surface area contributed by atoms with Crippen LogP contribution < -0.4 is 4.90 Å². The Morgan fingerprint density at radius 1 is 1.10 bits per heavy atom. The van der Waals surface area contributed by atoms with Crippen molar-refractivity contribution in [2.24, 2.45) is 0 Å². The molecule has 0 bridgehead atoms. The Bertz CT molecular complexity index is 1180. The molecule has 0 saturated carbocycles. The van der Waals surface area contributed by atoms with Gasteiger partial charge < -0.3 is 5.11 Å². The monoisotopic (exact) mass is 459 g/mol. The zero-order valence-electron chi connectivity index (χ0n) is 15.7. The molecule has 2 aromatic carbocycles. The minimum Gasteiger partial charge on any atom is -0.507 e. The molecule has 9 heteroatoms. The molecule has 1 unspecified atom stereocenters. The van der Waals surface area contributed by atoms with Gasteiger partial charge in [0.1, 0.15) is 10.8 Å². The largest absolute Gasteiger partial charge is 0.507 e. The van der Waals surface area contributed by atoms with E-state index in [2.05, 4.69) is 10.2 Å². The maximum absolute atomic E-state index is 13.0. The van der Waals surface area contributed by atoms with Gasteiger partial charge in [0.25, 0.3) is 5.78 Å². The first-order valence-corrected chi connectivity index (χ1v) is 10.6. The van der Waals surface area contributed by atoms with Crippen LogP contribution in [0, 0.1) is 0 Å². The number of ketones is 1. The molecule has 1 N–H and O–H groups in total. The Morgan fingerprint density at radius 3 is 2.47 bits per heavy atom. The summed E-state index contributed by atoms with van der Waals surface area (Å²) in [5.41, 5.74) is 0.902. The first-order valence-electron chi connectivity index (χ1n) is 9.06. The number of hydrogen-bond donors (Lipinski definition) is 1. The van der Waals surface area contributed by atoms with Gasteiger partial charge in [-0.15, -0.1) is 10.2 Å². The van der Waals surface area contributed by atoms with E-state index < -0.39 is 17.7 Å². The second-order valence-electron chi connectivity index (χ2n) is 6.54. The van der Waals surface area contributed by atoms with Crippen LogP contribution in [0.1, 0.15) is 29.1 Å². The molecular formula is C21H15Cl2N3O3S. The second kappa shape index (κ2) is 8.18. The summed E-state index contributed by atoms with van der Waals surface area (Å²) in [5.74, 6) is -1.87. The fraction of sp³-hybridized carbons (Fsp3) is 0.143. The summed E-state index contributed by atoms with van der Waals surface area (Å²) >= 11 is 13.5. The molecule has 1 aliphatic heterocycles. The highest BCUT2D eigenvalue weighted by Gasteiger charge is 2.48. The number of hydrogen-bond acceptors (Lipinski definition) is 6. The van der Waals surface area contributed by atoms with Gasteiger partial charge in [0.15, 0.2) is 0 Å². The summed E-state index contributed by atoms with van der Waals surface area (Å²) in [6.45, 7) is 1.92. The standard InChI is InChI=1S/C21H15Cl2N3O3S/c1-2-15-24-25-21(30-15)26-17(12-8-9-13(22)14(23)10-12)16(19(28)20(26)29)18(27)11-6-4-3-5-7-11/h3-10,17,27H,2H2,1H3/b18-16+. The van der Waals surface area contributed by atoms with Gasteiger partial charge in [0.2, 0.25) is 5.13 Å². The summed E-state index contributed by atoms with van der Waals surface area (Å²) in [6, 6.07) is 12.5. The maximum atomic E-state index is 13.0. The summed E-state index contributed by atoms with van der Waals surface area (Å²) in [6.07, 6.45) is 0.642. The van der Waals surface area contributed by atoms with Crippen LogP contribution in [0.15, 0.2) is 54.1 Å². The van der Waals surface area contributed by atoms with Crippen molar-refractivity contribution in [1.82, 2.24) is 10.2 Å². The normalized spacial score (nSPS) is 18.2. The molecule has 1 saturated heterocycles. The molecule has 0 aliphatic carbocycles. The van der Waals surface area contributed by atoms with Gasteiger partial charge in [-0.3, -0.25) is 14.5 Å². The van der Waals surface area contributed by atoms with E-state index in [0.29, 0.717) is 22.6 Å². The number of nitrogens with zero attached hydrogens (tertiary/aromatic N) is 3. The minimum atomic E-state index is -0.919. The Hall–Kier alpha value is -2.74. The van der Waals surface area contributed by atoms with E-state index in [1.54, 1.807) is 48.5 Å². The van der Waals surface area contributed by atoms with Crippen molar-refractivity contribution in [2.75, 3.05) is 4.90 Å². The third-order valence-electron chi connectivity index (χ3n) is 4.72. The van der Waals surface area contributed by atoms with Crippen molar-refractivity contribution in [2.45, 2.75) is 19.4 Å². The van der Waals surface area contributed by atoms with Crippen molar-refractivity contribution in [3.8, 4) is 0 Å². The average molecular weight is 460 g/mol. The van der Waals surface area contributed by atoms with Gasteiger partial charge in [-0.05, 0) is 24.1 Å². The van der Waals surface area contributed by atoms with Crippen LogP contribution in [-0.2, 0) is 16.0 Å². The number of carbonyl (C=O) groups is 2. The van der Waals surface area contributed by atoms with Crippen molar-refractivity contribution >= 4 is 57.1 Å². The number of aliphatic hydroxyl groups is 1. The molecule has 1 aromatic heterocycles. The Labute approximate surface area is 186 Å². The lowest BCUT2D eigenvalue weighted by molar-refractivity contribution is -0.132. The predicted molar refractivity (Wildman–Crippen MR) is 117 cm³/mol. The molecule has 1 atom stereocenters. The van der Waals surface area contributed by atoms with Crippen LogP contribution in [0.4, 0.5) is 5.13 Å². The highest BCUT2D eigenvalue weighted by atomic mass is 35.5. The van der Waals surface area contributed by atoms with Gasteiger partial charge in [-0.25, -0.2) is 0 Å². The molecule has 1 aliphatic rings. The fourth-order valence-electron chi connectivity index (χ4n) is 3.26. The van der Waals surface area contributed by atoms with Crippen LogP contribution >= 0.6 is 34.5 Å². The molecule has 4 rings (SSSR count). The van der Waals surface area contributed by atoms with Gasteiger partial charge in [-0.1, -0.05) is 77.9 Å². The number of amides is 1. The third-order valence-corrected chi connectivity index (χ3v) is 6.52. The predicted octanol–water partition coefficient (Wildman–Crippen LogP) is 5.03. The van der Waals surface area contributed by atoms with Crippen molar-refractivity contribution in [1.29, 1.82) is 0 Å². The summed E-state index contributed by atoms with van der Waals surface area (Å²) in [4.78, 5) is 27.3. The van der Waals surface area contributed by atoms with Crippen molar-refractivity contribution in [3.63, 3.8) is 0 Å². The lowest BCUT2D eigenvalue weighted by Gasteiger charge is -2.22. The summed E-state index contributed by atoms with van der Waals surface area (Å²) < 4.78 is 0. The zero-order valence-corrected chi connectivity index (χ0v) is 18.0. The molecule has 30 heavy (non-hydrogen) atoms. The zero-order chi connectivity index (χ0) is 21.4. The molecule has 152 valence electrons. The minimum absolute atomic E-state index is 0.0437. The van der Waals surface area contributed by atoms with E-state index in [1.165, 1.54) is 16.2 Å². The molecule has 1 amide bonds. The number of aliphatic hydroxyl groups excluding tert-OH is 1. The lowest BCUT2D eigenvalue weighted by atomic mass is 9.95. The molecule has 0 radical (unpaired) electrons. The summed E-state index contributed by atoms with van der Waals surface area (Å²) in [7, 11) is 0. The Morgan fingerprint density at radius 2 is 1.83 bits per heavy atom. The number of halogens is 2. The average Bonchev–Trinajstić information content (AvgIpc) is 3.33. The first kappa shape index (κ1) is 20.5. The SMILES string of the molecule is CCc1nnc(N2C(=O)C(=O)/C(=C(/O)c3ccccc3)C2c2ccc(Cl)c(Cl)c2)s1. The van der Waals surface area contributed by atoms with Crippen LogP contribution in [-0.4, -0.2) is 27.0 Å². The highest BCUT2D eigenvalue weighted by Crippen LogP contribution is 2.44. The Balaban J connectivity index is 1.95. The third kappa shape index (κ3) is 3.49. The molecule has 2 heterocycles. The van der Waals surface area contributed by atoms with Crippen LogP contribution in [0.25, 0.3) is 5.76 Å². The van der Waals surface area contributed by atoms with Gasteiger partial charge >= 0.3 is 5.91 Å². The van der Waals surface area contributed by atoms with Crippen molar-refractivity contribution < 1.29 is 14.7 Å². The van der Waals surface area contributed by atoms with E-state index in [4.69, 9.17) is 23.2 Å². The van der Waals surface area contributed by atoms with Crippen molar-refractivity contribution in [3.05, 3.63) is 80.3 Å². The molecular weight excluding hydrogens is 445 g/mol. The van der Waals surface area contributed by atoms with E-state index in [1.807, 2.05) is 6.92 Å². The first-order chi connectivity index (χ1) is 14.4. The smallest absolute Gasteiger partial charge is 0.301 e. The number of aryl methyl sites for hydroxylation is 1. The number of aromatic nitrogens is 2. The van der Waals surface area contributed by atoms with Crippen LogP contribution in [0.5, 0.6) is 0 Å². The topological polar surface area (TPSA) is 83.4 Å². The number of rotatable bonds is 4. The lowest BCUT2D eigenvalue weighted by Crippen LogP contribution is -2.29. The Kier molecular flexibility index (Phi) is 5.60. The van der Waals surface area contributed by atoms with Gasteiger partial charge in [0, 0.05) is 5.56 Å². The van der Waals surface area contributed by atoms with Crippen LogP contribution in [0.2, 0.25) is 10.0 Å². The highest BCUT2D eigenvalue weighted by molar-refractivity contribution is 7.15.